The third-order valence-corrected chi connectivity index (χ3v) is 4.83. The number of aliphatic hydroxyl groups excluding tert-OH is 1. The molecule has 0 aliphatic rings. The molecule has 1 atom stereocenters. The van der Waals surface area contributed by atoms with Gasteiger partial charge in [-0.2, -0.15) is 5.10 Å². The van der Waals surface area contributed by atoms with Crippen LogP contribution in [-0.2, 0) is 6.54 Å². The maximum absolute atomic E-state index is 8.96. The van der Waals surface area contributed by atoms with Crippen LogP contribution in [0.25, 0.3) is 5.69 Å². The van der Waals surface area contributed by atoms with Crippen LogP contribution in [0, 0.1) is 0 Å². The molecule has 3 aromatic rings. The van der Waals surface area contributed by atoms with Crippen molar-refractivity contribution in [3.63, 3.8) is 0 Å². The molecule has 0 spiro atoms. The highest BCUT2D eigenvalue weighted by molar-refractivity contribution is 5.80. The van der Waals surface area contributed by atoms with Gasteiger partial charge in [-0.05, 0) is 55.3 Å². The fourth-order valence-electron chi connectivity index (χ4n) is 3.22. The third-order valence-electron chi connectivity index (χ3n) is 4.83. The number of hydrogen-bond acceptors (Lipinski definition) is 5. The smallest absolute Gasteiger partial charge is 0.192 e. The Balaban J connectivity index is 1.70. The van der Waals surface area contributed by atoms with Crippen LogP contribution in [0.5, 0.6) is 11.5 Å². The van der Waals surface area contributed by atoms with Gasteiger partial charge in [0.1, 0.15) is 6.61 Å². The fourth-order valence-corrected chi connectivity index (χ4v) is 3.22. The van der Waals surface area contributed by atoms with Crippen LogP contribution in [0.3, 0.4) is 0 Å². The van der Waals surface area contributed by atoms with Crippen LogP contribution in [0.15, 0.2) is 65.9 Å². The first-order valence-corrected chi connectivity index (χ1v) is 10.7. The number of nitrogens with zero attached hydrogens (tertiary/aromatic N) is 3. The first-order chi connectivity index (χ1) is 15.6. The molecule has 3 N–H and O–H groups in total. The summed E-state index contributed by atoms with van der Waals surface area (Å²) in [6.45, 7) is 5.55. The van der Waals surface area contributed by atoms with Crippen LogP contribution in [-0.4, -0.2) is 47.7 Å². The molecular formula is C24H31N5O3. The Morgan fingerprint density at radius 3 is 2.78 bits per heavy atom. The largest absolute Gasteiger partial charge is 0.493 e. The number of nitrogens with one attached hydrogen (secondary N) is 2. The monoisotopic (exact) mass is 437 g/mol. The quantitative estimate of drug-likeness (QED) is 0.333. The lowest BCUT2D eigenvalue weighted by Gasteiger charge is -2.19. The van der Waals surface area contributed by atoms with E-state index >= 15 is 0 Å². The van der Waals surface area contributed by atoms with E-state index in [2.05, 4.69) is 34.8 Å². The molecule has 3 rings (SSSR count). The van der Waals surface area contributed by atoms with Gasteiger partial charge in [-0.3, -0.25) is 0 Å². The number of aliphatic imine (C=N–C) groups is 1. The van der Waals surface area contributed by atoms with Gasteiger partial charge in [0.2, 0.25) is 0 Å². The van der Waals surface area contributed by atoms with E-state index in [0.29, 0.717) is 18.0 Å². The molecule has 32 heavy (non-hydrogen) atoms. The average Bonchev–Trinajstić information content (AvgIpc) is 3.36. The summed E-state index contributed by atoms with van der Waals surface area (Å²) in [5.74, 6) is 1.95. The average molecular weight is 438 g/mol. The fraction of sp³-hybridized carbons (Fsp3) is 0.333. The van der Waals surface area contributed by atoms with E-state index in [0.717, 1.165) is 29.3 Å². The van der Waals surface area contributed by atoms with Crippen molar-refractivity contribution in [3.05, 3.63) is 72.1 Å². The Kier molecular flexibility index (Phi) is 8.51. The number of ether oxygens (including phenoxy) is 2. The zero-order valence-corrected chi connectivity index (χ0v) is 18.8. The minimum atomic E-state index is -0.0457. The van der Waals surface area contributed by atoms with E-state index < -0.39 is 0 Å². The molecule has 1 unspecified atom stereocenters. The maximum Gasteiger partial charge on any atom is 0.192 e. The zero-order valence-electron chi connectivity index (χ0n) is 18.8. The second kappa shape index (κ2) is 11.8. The van der Waals surface area contributed by atoms with E-state index in [9.17, 15) is 0 Å². The van der Waals surface area contributed by atoms with Gasteiger partial charge in [-0.15, -0.1) is 0 Å². The normalized spacial score (nSPS) is 12.3. The molecule has 0 amide bonds. The highest BCUT2D eigenvalue weighted by Gasteiger charge is 2.10. The van der Waals surface area contributed by atoms with Crippen LogP contribution < -0.4 is 20.1 Å². The number of aromatic nitrogens is 2. The first-order valence-electron chi connectivity index (χ1n) is 10.7. The molecule has 0 saturated carbocycles. The summed E-state index contributed by atoms with van der Waals surface area (Å²) in [6, 6.07) is 15.9. The summed E-state index contributed by atoms with van der Waals surface area (Å²) in [5, 5.41) is 20.0. The SMILES string of the molecule is CCNC(=NCc1ccc(OCCO)c(OC)c1)NC(C)c1cccc(-n2cccn2)c1. The van der Waals surface area contributed by atoms with E-state index in [1.165, 1.54) is 0 Å². The van der Waals surface area contributed by atoms with Crippen molar-refractivity contribution < 1.29 is 14.6 Å². The molecule has 1 aromatic heterocycles. The molecule has 2 aromatic carbocycles. The van der Waals surface area contributed by atoms with E-state index in [1.807, 2.05) is 54.2 Å². The molecule has 1 heterocycles. The minimum absolute atomic E-state index is 0.0457. The molecule has 0 aliphatic carbocycles. The molecule has 8 nitrogen and oxygen atoms in total. The van der Waals surface area contributed by atoms with Gasteiger partial charge in [0.05, 0.1) is 32.0 Å². The summed E-state index contributed by atoms with van der Waals surface area (Å²) in [6.07, 6.45) is 3.70. The highest BCUT2D eigenvalue weighted by atomic mass is 16.5. The van der Waals surface area contributed by atoms with Gasteiger partial charge in [-0.25, -0.2) is 9.67 Å². The number of hydrogen-bond donors (Lipinski definition) is 3. The lowest BCUT2D eigenvalue weighted by atomic mass is 10.1. The van der Waals surface area contributed by atoms with Crippen molar-refractivity contribution in [1.82, 2.24) is 20.4 Å². The number of aliphatic hydroxyl groups is 1. The van der Waals surface area contributed by atoms with Crippen LogP contribution in [0.2, 0.25) is 0 Å². The van der Waals surface area contributed by atoms with Gasteiger partial charge in [0, 0.05) is 18.9 Å². The molecule has 8 heteroatoms. The minimum Gasteiger partial charge on any atom is -0.493 e. The van der Waals surface area contributed by atoms with Gasteiger partial charge in [0.25, 0.3) is 0 Å². The Morgan fingerprint density at radius 1 is 1.19 bits per heavy atom. The van der Waals surface area contributed by atoms with Crippen molar-refractivity contribution in [2.24, 2.45) is 4.99 Å². The Hall–Kier alpha value is -3.52. The topological polar surface area (TPSA) is 92.9 Å². The van der Waals surface area contributed by atoms with Gasteiger partial charge < -0.3 is 25.2 Å². The van der Waals surface area contributed by atoms with Gasteiger partial charge in [0.15, 0.2) is 17.5 Å². The predicted octanol–water partition coefficient (Wildman–Crippen LogP) is 3.07. The summed E-state index contributed by atoms with van der Waals surface area (Å²) < 4.78 is 12.7. The lowest BCUT2D eigenvalue weighted by Crippen LogP contribution is -2.38. The number of guanidine groups is 1. The van der Waals surface area contributed by atoms with Crippen molar-refractivity contribution in [1.29, 1.82) is 0 Å². The molecule has 0 fully saturated rings. The molecule has 170 valence electrons. The van der Waals surface area contributed by atoms with Crippen molar-refractivity contribution in [2.75, 3.05) is 26.9 Å². The molecule has 0 bridgehead atoms. The van der Waals surface area contributed by atoms with Crippen LogP contribution >= 0.6 is 0 Å². The standard InChI is InChI=1S/C24H31N5O3/c1-4-25-24(26-17-19-9-10-22(32-14-13-30)23(15-19)31-3)28-18(2)20-7-5-8-21(16-20)29-12-6-11-27-29/h5-12,15-16,18,30H,4,13-14,17H2,1-3H3,(H2,25,26,28). The van der Waals surface area contributed by atoms with Crippen LogP contribution in [0.1, 0.15) is 31.0 Å². The number of rotatable bonds is 10. The Labute approximate surface area is 188 Å². The number of methoxy groups -OCH3 is 1. The van der Waals surface area contributed by atoms with E-state index in [1.54, 1.807) is 13.3 Å². The second-order valence-corrected chi connectivity index (χ2v) is 7.16. The van der Waals surface area contributed by atoms with Crippen molar-refractivity contribution in [3.8, 4) is 17.2 Å². The summed E-state index contributed by atoms with van der Waals surface area (Å²) in [4.78, 5) is 4.73. The van der Waals surface area contributed by atoms with E-state index in [4.69, 9.17) is 19.6 Å². The highest BCUT2D eigenvalue weighted by Crippen LogP contribution is 2.28. The zero-order chi connectivity index (χ0) is 22.8. The lowest BCUT2D eigenvalue weighted by molar-refractivity contribution is 0.196. The molecule has 0 saturated heterocycles. The molecular weight excluding hydrogens is 406 g/mol. The van der Waals surface area contributed by atoms with Crippen molar-refractivity contribution >= 4 is 5.96 Å². The number of benzene rings is 2. The first kappa shape index (κ1) is 23.1. The maximum atomic E-state index is 8.96. The van der Waals surface area contributed by atoms with Gasteiger partial charge in [-0.1, -0.05) is 18.2 Å². The molecule has 0 radical (unpaired) electrons. The predicted molar refractivity (Wildman–Crippen MR) is 126 cm³/mol. The Morgan fingerprint density at radius 2 is 2.06 bits per heavy atom. The third kappa shape index (κ3) is 6.24. The van der Waals surface area contributed by atoms with E-state index in [-0.39, 0.29) is 19.3 Å². The van der Waals surface area contributed by atoms with Gasteiger partial charge >= 0.3 is 0 Å². The summed E-state index contributed by atoms with van der Waals surface area (Å²) >= 11 is 0. The molecule has 0 aliphatic heterocycles. The summed E-state index contributed by atoms with van der Waals surface area (Å²) in [5.41, 5.74) is 3.14. The second-order valence-electron chi connectivity index (χ2n) is 7.16. The van der Waals surface area contributed by atoms with Crippen LogP contribution in [0.4, 0.5) is 0 Å². The van der Waals surface area contributed by atoms with Crippen molar-refractivity contribution in [2.45, 2.75) is 26.4 Å². The Bertz CT molecular complexity index is 1000. The summed E-state index contributed by atoms with van der Waals surface area (Å²) in [7, 11) is 1.60.